The zero-order chi connectivity index (χ0) is 25.2. The van der Waals surface area contributed by atoms with Gasteiger partial charge in [-0.15, -0.1) is 5.10 Å². The van der Waals surface area contributed by atoms with Gasteiger partial charge in [0.25, 0.3) is 5.91 Å². The molecule has 2 aromatic rings. The van der Waals surface area contributed by atoms with Crippen LogP contribution < -0.4 is 15.7 Å². The third-order valence-electron chi connectivity index (χ3n) is 8.17. The summed E-state index contributed by atoms with van der Waals surface area (Å²) in [6.07, 6.45) is 9.90. The molecule has 196 valence electrons. The summed E-state index contributed by atoms with van der Waals surface area (Å²) in [5.41, 5.74) is -0.142. The monoisotopic (exact) mass is 499 g/mol. The van der Waals surface area contributed by atoms with Crippen LogP contribution >= 0.6 is 0 Å². The Balaban J connectivity index is 1.47. The molecule has 0 bridgehead atoms. The standard InChI is InChI=1S/C27H38FN5O3/c1-18(19-8-4-3-5-9-19)36-24-17-23(33-27(35)32-13-7-6-10-25(32)30-33)22(28)16-21(24)26(34)29-20-11-14-31(2)15-12-20/h16-20H,3-15H2,1-2H3,(H,29,34). The summed E-state index contributed by atoms with van der Waals surface area (Å²) >= 11 is 0. The van der Waals surface area contributed by atoms with E-state index in [0.29, 0.717) is 30.5 Å². The van der Waals surface area contributed by atoms with Gasteiger partial charge in [-0.05, 0) is 77.6 Å². The average Bonchev–Trinajstić information content (AvgIpc) is 3.23. The van der Waals surface area contributed by atoms with Crippen LogP contribution in [0, 0.1) is 11.7 Å². The van der Waals surface area contributed by atoms with E-state index in [1.165, 1.54) is 31.4 Å². The Morgan fingerprint density at radius 2 is 1.83 bits per heavy atom. The highest BCUT2D eigenvalue weighted by Crippen LogP contribution is 2.32. The summed E-state index contributed by atoms with van der Waals surface area (Å²) in [6, 6.07) is 2.76. The molecule has 2 fully saturated rings. The predicted molar refractivity (Wildman–Crippen MR) is 135 cm³/mol. The molecular weight excluding hydrogens is 461 g/mol. The van der Waals surface area contributed by atoms with Gasteiger partial charge in [-0.1, -0.05) is 19.3 Å². The zero-order valence-corrected chi connectivity index (χ0v) is 21.5. The van der Waals surface area contributed by atoms with Gasteiger partial charge in [0, 0.05) is 25.1 Å². The first-order valence-electron chi connectivity index (χ1n) is 13.6. The Morgan fingerprint density at radius 1 is 1.08 bits per heavy atom. The highest BCUT2D eigenvalue weighted by atomic mass is 19.1. The quantitative estimate of drug-likeness (QED) is 0.656. The van der Waals surface area contributed by atoms with Gasteiger partial charge in [-0.25, -0.2) is 9.18 Å². The molecule has 5 rings (SSSR count). The topological polar surface area (TPSA) is 81.4 Å². The molecule has 2 aliphatic heterocycles. The Labute approximate surface area is 211 Å². The van der Waals surface area contributed by atoms with Crippen LogP contribution in [0.25, 0.3) is 5.69 Å². The van der Waals surface area contributed by atoms with Crippen molar-refractivity contribution in [3.05, 3.63) is 39.8 Å². The molecule has 8 nitrogen and oxygen atoms in total. The van der Waals surface area contributed by atoms with Gasteiger partial charge in [-0.3, -0.25) is 9.36 Å². The van der Waals surface area contributed by atoms with Crippen LogP contribution in [0.2, 0.25) is 0 Å². The molecule has 1 atom stereocenters. The summed E-state index contributed by atoms with van der Waals surface area (Å²) in [5, 5.41) is 7.52. The van der Waals surface area contributed by atoms with E-state index in [9.17, 15) is 9.59 Å². The summed E-state index contributed by atoms with van der Waals surface area (Å²) < 4.78 is 24.6. The van der Waals surface area contributed by atoms with Crippen molar-refractivity contribution in [2.45, 2.75) is 89.8 Å². The third kappa shape index (κ3) is 5.21. The van der Waals surface area contributed by atoms with E-state index >= 15 is 4.39 Å². The van der Waals surface area contributed by atoms with Crippen LogP contribution in [0.1, 0.15) is 80.9 Å². The highest BCUT2D eigenvalue weighted by Gasteiger charge is 2.28. The van der Waals surface area contributed by atoms with E-state index in [4.69, 9.17) is 4.74 Å². The van der Waals surface area contributed by atoms with E-state index in [1.807, 2.05) is 6.92 Å². The number of nitrogens with one attached hydrogen (secondary N) is 1. The molecular formula is C27H38FN5O3. The molecule has 9 heteroatoms. The van der Waals surface area contributed by atoms with Crippen molar-refractivity contribution in [3.63, 3.8) is 0 Å². The number of hydrogen-bond donors (Lipinski definition) is 1. The van der Waals surface area contributed by atoms with Crippen LogP contribution in [0.4, 0.5) is 4.39 Å². The smallest absolute Gasteiger partial charge is 0.350 e. The lowest BCUT2D eigenvalue weighted by Gasteiger charge is -2.30. The fraction of sp³-hybridized carbons (Fsp3) is 0.667. The maximum atomic E-state index is 15.5. The van der Waals surface area contributed by atoms with Crippen LogP contribution in [0.15, 0.2) is 16.9 Å². The Bertz CT molecular complexity index is 1150. The lowest BCUT2D eigenvalue weighted by molar-refractivity contribution is 0.0897. The van der Waals surface area contributed by atoms with Crippen LogP contribution in [-0.2, 0) is 13.0 Å². The molecule has 1 aliphatic carbocycles. The van der Waals surface area contributed by atoms with Crippen molar-refractivity contribution >= 4 is 5.91 Å². The second kappa shape index (κ2) is 10.7. The van der Waals surface area contributed by atoms with E-state index < -0.39 is 5.82 Å². The number of amides is 1. The lowest BCUT2D eigenvalue weighted by Crippen LogP contribution is -2.43. The maximum Gasteiger partial charge on any atom is 0.350 e. The minimum Gasteiger partial charge on any atom is -0.490 e. The number of piperidine rings is 1. The first kappa shape index (κ1) is 25.0. The molecule has 1 N–H and O–H groups in total. The first-order chi connectivity index (χ1) is 17.4. The van der Waals surface area contributed by atoms with E-state index in [0.717, 1.165) is 56.3 Å². The van der Waals surface area contributed by atoms with E-state index in [2.05, 4.69) is 22.4 Å². The molecule has 3 heterocycles. The van der Waals surface area contributed by atoms with Crippen molar-refractivity contribution in [1.82, 2.24) is 24.6 Å². The lowest BCUT2D eigenvalue weighted by atomic mass is 9.86. The first-order valence-corrected chi connectivity index (χ1v) is 13.6. The largest absolute Gasteiger partial charge is 0.490 e. The molecule has 1 saturated heterocycles. The molecule has 1 unspecified atom stereocenters. The van der Waals surface area contributed by atoms with Crippen LogP contribution in [0.5, 0.6) is 5.75 Å². The van der Waals surface area contributed by atoms with Crippen molar-refractivity contribution in [2.75, 3.05) is 20.1 Å². The number of ether oxygens (including phenoxy) is 1. The number of nitrogens with zero attached hydrogens (tertiary/aromatic N) is 4. The molecule has 1 amide bonds. The number of aryl methyl sites for hydroxylation is 1. The number of rotatable bonds is 6. The molecule has 1 aromatic carbocycles. The zero-order valence-electron chi connectivity index (χ0n) is 21.5. The highest BCUT2D eigenvalue weighted by molar-refractivity contribution is 5.97. The van der Waals surface area contributed by atoms with Gasteiger partial charge in [0.15, 0.2) is 0 Å². The predicted octanol–water partition coefficient (Wildman–Crippen LogP) is 3.68. The van der Waals surface area contributed by atoms with Gasteiger partial charge < -0.3 is 15.0 Å². The number of carbonyl (C=O) groups is 1. The Hall–Kier alpha value is -2.68. The van der Waals surface area contributed by atoms with Crippen molar-refractivity contribution in [2.24, 2.45) is 5.92 Å². The minimum absolute atomic E-state index is 0.0311. The average molecular weight is 500 g/mol. The fourth-order valence-corrected chi connectivity index (χ4v) is 5.85. The molecule has 1 saturated carbocycles. The van der Waals surface area contributed by atoms with Gasteiger partial charge in [0.2, 0.25) is 0 Å². The number of aromatic nitrogens is 3. The van der Waals surface area contributed by atoms with Crippen molar-refractivity contribution in [3.8, 4) is 11.4 Å². The van der Waals surface area contributed by atoms with E-state index in [-0.39, 0.29) is 35.0 Å². The summed E-state index contributed by atoms with van der Waals surface area (Å²) in [5.74, 6) is 0.385. The van der Waals surface area contributed by atoms with Gasteiger partial charge in [0.1, 0.15) is 23.1 Å². The Kier molecular flexibility index (Phi) is 7.46. The van der Waals surface area contributed by atoms with Gasteiger partial charge in [-0.2, -0.15) is 4.68 Å². The second-order valence-electron chi connectivity index (χ2n) is 10.8. The minimum atomic E-state index is -0.654. The maximum absolute atomic E-state index is 15.5. The fourth-order valence-electron chi connectivity index (χ4n) is 5.85. The van der Waals surface area contributed by atoms with Crippen LogP contribution in [-0.4, -0.2) is 57.4 Å². The summed E-state index contributed by atoms with van der Waals surface area (Å²) in [4.78, 5) is 28.6. The second-order valence-corrected chi connectivity index (χ2v) is 10.8. The number of halogens is 1. The molecule has 36 heavy (non-hydrogen) atoms. The van der Waals surface area contributed by atoms with Crippen molar-refractivity contribution in [1.29, 1.82) is 0 Å². The number of fused-ring (bicyclic) bond motifs is 1. The number of benzene rings is 1. The molecule has 3 aliphatic rings. The number of carbonyl (C=O) groups excluding carboxylic acids is 1. The van der Waals surface area contributed by atoms with E-state index in [1.54, 1.807) is 4.57 Å². The van der Waals surface area contributed by atoms with Crippen molar-refractivity contribution < 1.29 is 13.9 Å². The molecule has 0 radical (unpaired) electrons. The van der Waals surface area contributed by atoms with Gasteiger partial charge >= 0.3 is 5.69 Å². The molecule has 1 aromatic heterocycles. The summed E-state index contributed by atoms with van der Waals surface area (Å²) in [6.45, 7) is 4.44. The normalized spacial score (nSPS) is 20.6. The Morgan fingerprint density at radius 3 is 2.56 bits per heavy atom. The summed E-state index contributed by atoms with van der Waals surface area (Å²) in [7, 11) is 2.07. The number of hydrogen-bond acceptors (Lipinski definition) is 5. The van der Waals surface area contributed by atoms with Gasteiger partial charge in [0.05, 0.1) is 11.7 Å². The number of likely N-dealkylation sites (tertiary alicyclic amines) is 1. The third-order valence-corrected chi connectivity index (χ3v) is 8.17. The SMILES string of the molecule is CC(Oc1cc(-n2nc3n(c2=O)CCCC3)c(F)cc1C(=O)NC1CCN(C)CC1)C1CCCCC1. The molecule has 0 spiro atoms. The van der Waals surface area contributed by atoms with Crippen LogP contribution in [0.3, 0.4) is 0 Å².